The van der Waals surface area contributed by atoms with Crippen LogP contribution in [0.25, 0.3) is 0 Å². The summed E-state index contributed by atoms with van der Waals surface area (Å²) in [5.74, 6) is 1.39. The number of nitrogens with zero attached hydrogens (tertiary/aromatic N) is 1. The van der Waals surface area contributed by atoms with Crippen LogP contribution in [0.3, 0.4) is 0 Å². The minimum Gasteiger partial charge on any atom is -0.353 e. The zero-order valence-electron chi connectivity index (χ0n) is 12.8. The standard InChI is InChI=1S/C15H26N2O3S/c1-2-21(19,20)17-9-3-4-13(10-17)15(18)16-14(11-5-6-11)12-7-8-12/h11-14H,2-10H2,1H3,(H,16,18). The maximum absolute atomic E-state index is 12.5. The minimum atomic E-state index is -3.17. The number of piperidine rings is 1. The van der Waals surface area contributed by atoms with E-state index in [1.165, 1.54) is 30.0 Å². The van der Waals surface area contributed by atoms with E-state index in [0.717, 1.165) is 12.8 Å². The highest BCUT2D eigenvalue weighted by Crippen LogP contribution is 2.44. The Bertz CT molecular complexity index is 485. The molecule has 0 bridgehead atoms. The molecule has 6 heteroatoms. The zero-order chi connectivity index (χ0) is 15.0. The maximum Gasteiger partial charge on any atom is 0.224 e. The summed E-state index contributed by atoms with van der Waals surface area (Å²) in [5, 5.41) is 3.24. The number of nitrogens with one attached hydrogen (secondary N) is 1. The maximum atomic E-state index is 12.5. The van der Waals surface area contributed by atoms with Gasteiger partial charge in [-0.1, -0.05) is 0 Å². The van der Waals surface area contributed by atoms with Crippen LogP contribution in [-0.4, -0.2) is 43.5 Å². The molecule has 0 radical (unpaired) electrons. The molecule has 0 aromatic carbocycles. The second kappa shape index (κ2) is 5.88. The molecule has 3 aliphatic rings. The number of carbonyl (C=O) groups is 1. The lowest BCUT2D eigenvalue weighted by Gasteiger charge is -2.32. The van der Waals surface area contributed by atoms with Gasteiger partial charge in [0.1, 0.15) is 0 Å². The van der Waals surface area contributed by atoms with Crippen molar-refractivity contribution >= 4 is 15.9 Å². The molecule has 1 unspecified atom stereocenters. The molecule has 21 heavy (non-hydrogen) atoms. The lowest BCUT2D eigenvalue weighted by molar-refractivity contribution is -0.127. The minimum absolute atomic E-state index is 0.0785. The van der Waals surface area contributed by atoms with Crippen molar-refractivity contribution in [2.75, 3.05) is 18.8 Å². The lowest BCUT2D eigenvalue weighted by Crippen LogP contribution is -2.48. The Labute approximate surface area is 127 Å². The van der Waals surface area contributed by atoms with Crippen molar-refractivity contribution in [3.8, 4) is 0 Å². The summed E-state index contributed by atoms with van der Waals surface area (Å²) >= 11 is 0. The van der Waals surface area contributed by atoms with Crippen LogP contribution in [0, 0.1) is 17.8 Å². The molecule has 0 aromatic heterocycles. The van der Waals surface area contributed by atoms with Crippen LogP contribution < -0.4 is 5.32 Å². The molecule has 5 nitrogen and oxygen atoms in total. The lowest BCUT2D eigenvalue weighted by atomic mass is 9.97. The summed E-state index contributed by atoms with van der Waals surface area (Å²) in [4.78, 5) is 12.5. The predicted octanol–water partition coefficient (Wildman–Crippen LogP) is 1.35. The van der Waals surface area contributed by atoms with Gasteiger partial charge >= 0.3 is 0 Å². The van der Waals surface area contributed by atoms with Gasteiger partial charge in [-0.2, -0.15) is 0 Å². The molecule has 1 amide bonds. The van der Waals surface area contributed by atoms with E-state index in [1.54, 1.807) is 6.92 Å². The van der Waals surface area contributed by atoms with Crippen LogP contribution in [0.4, 0.5) is 0 Å². The number of rotatable bonds is 6. The first-order valence-corrected chi connectivity index (χ1v) is 9.90. The van der Waals surface area contributed by atoms with E-state index in [4.69, 9.17) is 0 Å². The number of amides is 1. The zero-order valence-corrected chi connectivity index (χ0v) is 13.6. The summed E-state index contributed by atoms with van der Waals surface area (Å²) in [5.41, 5.74) is 0. The van der Waals surface area contributed by atoms with Crippen LogP contribution in [0.2, 0.25) is 0 Å². The van der Waals surface area contributed by atoms with Crippen molar-refractivity contribution in [2.45, 2.75) is 51.5 Å². The summed E-state index contributed by atoms with van der Waals surface area (Å²) in [6, 6.07) is 0.357. The fourth-order valence-electron chi connectivity index (χ4n) is 3.41. The normalized spacial score (nSPS) is 27.8. The molecule has 2 saturated carbocycles. The molecule has 1 N–H and O–H groups in total. The largest absolute Gasteiger partial charge is 0.353 e. The number of hydrogen-bond acceptors (Lipinski definition) is 3. The van der Waals surface area contributed by atoms with Crippen molar-refractivity contribution < 1.29 is 13.2 Å². The Kier molecular flexibility index (Phi) is 4.28. The molecular formula is C15H26N2O3S. The third-order valence-corrected chi connectivity index (χ3v) is 6.93. The van der Waals surface area contributed by atoms with Gasteiger partial charge in [-0.05, 0) is 57.3 Å². The first-order chi connectivity index (χ1) is 10.0. The number of sulfonamides is 1. The molecule has 1 heterocycles. The predicted molar refractivity (Wildman–Crippen MR) is 81.1 cm³/mol. The van der Waals surface area contributed by atoms with Crippen molar-refractivity contribution in [3.05, 3.63) is 0 Å². The fraction of sp³-hybridized carbons (Fsp3) is 0.933. The summed E-state index contributed by atoms with van der Waals surface area (Å²) in [6.45, 7) is 2.59. The van der Waals surface area contributed by atoms with Crippen molar-refractivity contribution in [1.29, 1.82) is 0 Å². The van der Waals surface area contributed by atoms with Crippen LogP contribution >= 0.6 is 0 Å². The summed E-state index contributed by atoms with van der Waals surface area (Å²) < 4.78 is 25.5. The number of hydrogen-bond donors (Lipinski definition) is 1. The summed E-state index contributed by atoms with van der Waals surface area (Å²) in [7, 11) is -3.17. The van der Waals surface area contributed by atoms with E-state index in [2.05, 4.69) is 5.32 Å². The Morgan fingerprint density at radius 1 is 1.19 bits per heavy atom. The average Bonchev–Trinajstić information content (AvgIpc) is 3.38. The Morgan fingerprint density at radius 2 is 1.81 bits per heavy atom. The van der Waals surface area contributed by atoms with Gasteiger partial charge in [0.15, 0.2) is 0 Å². The fourth-order valence-corrected chi connectivity index (χ4v) is 4.58. The summed E-state index contributed by atoms with van der Waals surface area (Å²) in [6.07, 6.45) is 6.55. The van der Waals surface area contributed by atoms with E-state index in [1.807, 2.05) is 0 Å². The quantitative estimate of drug-likeness (QED) is 0.805. The first-order valence-electron chi connectivity index (χ1n) is 8.29. The van der Waals surface area contributed by atoms with Gasteiger partial charge in [0.05, 0.1) is 11.7 Å². The second-order valence-corrected chi connectivity index (χ2v) is 9.06. The Hall–Kier alpha value is -0.620. The van der Waals surface area contributed by atoms with Gasteiger partial charge in [0.25, 0.3) is 0 Å². The molecule has 120 valence electrons. The van der Waals surface area contributed by atoms with Crippen LogP contribution in [0.15, 0.2) is 0 Å². The van der Waals surface area contributed by atoms with Crippen LogP contribution in [-0.2, 0) is 14.8 Å². The van der Waals surface area contributed by atoms with E-state index in [0.29, 0.717) is 31.0 Å². The molecule has 1 atom stereocenters. The monoisotopic (exact) mass is 314 g/mol. The van der Waals surface area contributed by atoms with Gasteiger partial charge in [-0.25, -0.2) is 12.7 Å². The van der Waals surface area contributed by atoms with E-state index in [-0.39, 0.29) is 17.6 Å². The van der Waals surface area contributed by atoms with E-state index in [9.17, 15) is 13.2 Å². The number of carbonyl (C=O) groups excluding carboxylic acids is 1. The van der Waals surface area contributed by atoms with Crippen molar-refractivity contribution in [3.63, 3.8) is 0 Å². The molecule has 0 aromatic rings. The first kappa shape index (κ1) is 15.3. The molecular weight excluding hydrogens is 288 g/mol. The Balaban J connectivity index is 1.59. The highest BCUT2D eigenvalue weighted by atomic mass is 32.2. The highest BCUT2D eigenvalue weighted by Gasteiger charge is 2.43. The van der Waals surface area contributed by atoms with Gasteiger partial charge in [-0.15, -0.1) is 0 Å². The average molecular weight is 314 g/mol. The third kappa shape index (κ3) is 3.59. The molecule has 3 fully saturated rings. The Morgan fingerprint density at radius 3 is 2.33 bits per heavy atom. The third-order valence-electron chi connectivity index (χ3n) is 5.08. The molecule has 1 aliphatic heterocycles. The van der Waals surface area contributed by atoms with Gasteiger partial charge in [-0.3, -0.25) is 4.79 Å². The van der Waals surface area contributed by atoms with Crippen LogP contribution in [0.1, 0.15) is 45.4 Å². The highest BCUT2D eigenvalue weighted by molar-refractivity contribution is 7.89. The molecule has 3 rings (SSSR count). The van der Waals surface area contributed by atoms with Crippen LogP contribution in [0.5, 0.6) is 0 Å². The van der Waals surface area contributed by atoms with E-state index < -0.39 is 10.0 Å². The van der Waals surface area contributed by atoms with Crippen molar-refractivity contribution in [1.82, 2.24) is 9.62 Å². The molecule has 2 aliphatic carbocycles. The second-order valence-electron chi connectivity index (χ2n) is 6.81. The van der Waals surface area contributed by atoms with Gasteiger partial charge in [0, 0.05) is 19.1 Å². The van der Waals surface area contributed by atoms with Gasteiger partial charge < -0.3 is 5.32 Å². The SMILES string of the molecule is CCS(=O)(=O)N1CCCC(C(=O)NC(C2CC2)C2CC2)C1. The molecule has 1 saturated heterocycles. The van der Waals surface area contributed by atoms with Crippen molar-refractivity contribution in [2.24, 2.45) is 17.8 Å². The smallest absolute Gasteiger partial charge is 0.224 e. The topological polar surface area (TPSA) is 66.5 Å². The molecule has 0 spiro atoms. The van der Waals surface area contributed by atoms with E-state index >= 15 is 0 Å². The van der Waals surface area contributed by atoms with Gasteiger partial charge in [0.2, 0.25) is 15.9 Å².